The van der Waals surface area contributed by atoms with Crippen LogP contribution in [-0.4, -0.2) is 87.2 Å². The number of aromatic hydroxyl groups is 2. The number of aliphatic hydroxyl groups is 2. The number of Topliss-reactive ketones (excluding diaryl/α,β-unsaturated/α-hetero) is 1. The van der Waals surface area contributed by atoms with E-state index in [1.165, 1.54) is 6.07 Å². The first-order valence-corrected chi connectivity index (χ1v) is 14.8. The van der Waals surface area contributed by atoms with Gasteiger partial charge < -0.3 is 40.4 Å². The van der Waals surface area contributed by atoms with Crippen molar-refractivity contribution in [3.63, 3.8) is 0 Å². The molecule has 0 aromatic heterocycles. The summed E-state index contributed by atoms with van der Waals surface area (Å²) in [5.74, 6) is -4.17. The number of hydrogen-bond donors (Lipinski definition) is 5. The molecule has 6 rings (SSSR count). The number of aryl methyl sites for hydroxylation is 1. The van der Waals surface area contributed by atoms with Gasteiger partial charge in [-0.05, 0) is 51.5 Å². The Hall–Kier alpha value is -3.19. The lowest BCUT2D eigenvalue weighted by Crippen LogP contribution is -2.56. The number of phenols is 2. The fourth-order valence-electron chi connectivity index (χ4n) is 7.36. The lowest BCUT2D eigenvalue weighted by molar-refractivity contribution is -0.237. The van der Waals surface area contributed by atoms with Crippen LogP contribution in [0.5, 0.6) is 11.5 Å². The second-order valence-electron chi connectivity index (χ2n) is 12.3. The zero-order valence-corrected chi connectivity index (χ0v) is 24.2. The van der Waals surface area contributed by atoms with Crippen LogP contribution in [0.15, 0.2) is 18.2 Å². The summed E-state index contributed by atoms with van der Waals surface area (Å²) in [5, 5.41) is 44.5. The van der Waals surface area contributed by atoms with Gasteiger partial charge in [-0.2, -0.15) is 0 Å². The molecule has 0 amide bonds. The molecule has 0 radical (unpaired) electrons. The van der Waals surface area contributed by atoms with Gasteiger partial charge in [0.25, 0.3) is 0 Å². The zero-order valence-electron chi connectivity index (χ0n) is 24.2. The van der Waals surface area contributed by atoms with Crippen molar-refractivity contribution in [2.24, 2.45) is 5.73 Å². The van der Waals surface area contributed by atoms with Crippen LogP contribution in [0.4, 0.5) is 0 Å². The van der Waals surface area contributed by atoms with E-state index in [0.29, 0.717) is 12.2 Å². The number of aliphatic hydroxyl groups excluding tert-OH is 1. The summed E-state index contributed by atoms with van der Waals surface area (Å²) in [6.07, 6.45) is -0.128. The number of nitrogens with two attached hydrogens (primary N) is 1. The van der Waals surface area contributed by atoms with E-state index >= 15 is 0 Å². The average molecular weight is 596 g/mol. The van der Waals surface area contributed by atoms with Crippen LogP contribution in [0.1, 0.15) is 93.5 Å². The topological polar surface area (TPSA) is 186 Å². The number of fused-ring (bicyclic) bond motifs is 3. The van der Waals surface area contributed by atoms with Gasteiger partial charge in [0.15, 0.2) is 23.6 Å². The van der Waals surface area contributed by atoms with Crippen LogP contribution in [0.3, 0.4) is 0 Å². The maximum atomic E-state index is 13.8. The van der Waals surface area contributed by atoms with E-state index in [1.807, 2.05) is 0 Å². The van der Waals surface area contributed by atoms with E-state index in [4.69, 9.17) is 19.9 Å². The van der Waals surface area contributed by atoms with Gasteiger partial charge >= 0.3 is 0 Å². The van der Waals surface area contributed by atoms with E-state index in [1.54, 1.807) is 26.0 Å². The fraction of sp³-hybridized carbons (Fsp3) is 0.531. The number of ether oxygens (including phenoxy) is 3. The van der Waals surface area contributed by atoms with E-state index in [0.717, 1.165) is 19.3 Å². The molecule has 2 heterocycles. The second-order valence-corrected chi connectivity index (χ2v) is 12.3. The second kappa shape index (κ2) is 11.1. The highest BCUT2D eigenvalue weighted by Gasteiger charge is 2.52. The molecule has 6 N–H and O–H groups in total. The predicted octanol–water partition coefficient (Wildman–Crippen LogP) is 1.92. The van der Waals surface area contributed by atoms with Crippen molar-refractivity contribution in [3.8, 4) is 11.5 Å². The Morgan fingerprint density at radius 1 is 1.12 bits per heavy atom. The van der Waals surface area contributed by atoms with Crippen LogP contribution < -0.4 is 5.73 Å². The molecule has 11 nitrogen and oxygen atoms in total. The van der Waals surface area contributed by atoms with Crippen LogP contribution >= 0.6 is 0 Å². The number of rotatable bonds is 5. The van der Waals surface area contributed by atoms with Crippen LogP contribution in [0.2, 0.25) is 0 Å². The third-order valence-electron chi connectivity index (χ3n) is 9.52. The van der Waals surface area contributed by atoms with Crippen LogP contribution in [0.25, 0.3) is 0 Å². The summed E-state index contributed by atoms with van der Waals surface area (Å²) in [6.45, 7) is 3.11. The van der Waals surface area contributed by atoms with E-state index in [2.05, 4.69) is 0 Å². The quantitative estimate of drug-likeness (QED) is 0.271. The Balaban J connectivity index is 1.44. The highest BCUT2D eigenvalue weighted by atomic mass is 16.7. The molecule has 7 atom stereocenters. The van der Waals surface area contributed by atoms with Crippen LogP contribution in [0, 0.1) is 6.92 Å². The third-order valence-corrected chi connectivity index (χ3v) is 9.52. The summed E-state index contributed by atoms with van der Waals surface area (Å²) in [6, 6.07) is 4.24. The molecule has 4 aliphatic rings. The summed E-state index contributed by atoms with van der Waals surface area (Å²) >= 11 is 0. The van der Waals surface area contributed by atoms with Crippen molar-refractivity contribution in [1.82, 2.24) is 0 Å². The number of carbonyl (C=O) groups is 3. The number of hydrogen-bond acceptors (Lipinski definition) is 11. The molecule has 2 aliphatic heterocycles. The first-order chi connectivity index (χ1) is 20.5. The molecule has 0 bridgehead atoms. The molecule has 2 saturated heterocycles. The number of carbonyl (C=O) groups excluding carboxylic acids is 3. The molecular weight excluding hydrogens is 558 g/mol. The highest BCUT2D eigenvalue weighted by molar-refractivity contribution is 6.31. The normalized spacial score (nSPS) is 32.1. The standard InChI is InChI=1S/C32H37NO10/c1-14-6-5-7-16-23(14)29(38)26-25(27(16)36)28(37)18-12-32(40,21(35)13-34)11-17(24(18)30(26)39)20-10-19(33)31(15(2)42-20)43-22-8-3-4-9-41-22/h5-7,15,17,19-20,22,31,34,37,39-40H,3-4,8-13,33H2,1-2H3/t15?,17-,19?,20?,22-,31?,32-/m1/s1. The van der Waals surface area contributed by atoms with Gasteiger partial charge in [-0.15, -0.1) is 0 Å². The third kappa shape index (κ3) is 4.79. The molecule has 0 spiro atoms. The van der Waals surface area contributed by atoms with Gasteiger partial charge in [0.1, 0.15) is 29.8 Å². The lowest BCUT2D eigenvalue weighted by atomic mass is 9.66. The Labute approximate surface area is 248 Å². The maximum absolute atomic E-state index is 13.8. The van der Waals surface area contributed by atoms with Gasteiger partial charge in [0.05, 0.1) is 23.3 Å². The van der Waals surface area contributed by atoms with Crippen molar-refractivity contribution < 1.29 is 49.0 Å². The predicted molar refractivity (Wildman–Crippen MR) is 151 cm³/mol. The molecule has 11 heteroatoms. The minimum atomic E-state index is -2.14. The molecule has 0 saturated carbocycles. The van der Waals surface area contributed by atoms with Crippen molar-refractivity contribution in [1.29, 1.82) is 0 Å². The Kier molecular flexibility index (Phi) is 7.68. The monoisotopic (exact) mass is 595 g/mol. The molecular formula is C32H37NO10. The van der Waals surface area contributed by atoms with Gasteiger partial charge in [-0.1, -0.05) is 18.2 Å². The van der Waals surface area contributed by atoms with Gasteiger partial charge in [0, 0.05) is 47.2 Å². The molecule has 4 unspecified atom stereocenters. The van der Waals surface area contributed by atoms with Gasteiger partial charge in [0.2, 0.25) is 0 Å². The van der Waals surface area contributed by atoms with Gasteiger partial charge in [-0.3, -0.25) is 14.4 Å². The van der Waals surface area contributed by atoms with Crippen molar-refractivity contribution in [2.75, 3.05) is 13.2 Å². The van der Waals surface area contributed by atoms with E-state index < -0.39 is 84.0 Å². The Morgan fingerprint density at radius 2 is 1.86 bits per heavy atom. The molecule has 2 fully saturated rings. The highest BCUT2D eigenvalue weighted by Crippen LogP contribution is 2.53. The fourth-order valence-corrected chi connectivity index (χ4v) is 7.36. The van der Waals surface area contributed by atoms with E-state index in [9.17, 15) is 34.8 Å². The SMILES string of the molecule is Cc1cccc2c1C(=O)c1c(O)c3c(c(O)c1C2=O)C[C@@](O)(C(=O)CO)C[C@@H]3C1CC(N)C(O[C@@H]2CCCCO2)C(C)O1. The molecule has 43 heavy (non-hydrogen) atoms. The molecule has 2 aromatic carbocycles. The Morgan fingerprint density at radius 3 is 2.53 bits per heavy atom. The largest absolute Gasteiger partial charge is 0.507 e. The minimum Gasteiger partial charge on any atom is -0.507 e. The zero-order chi connectivity index (χ0) is 30.8. The molecule has 230 valence electrons. The van der Waals surface area contributed by atoms with Crippen LogP contribution in [-0.2, 0) is 25.4 Å². The average Bonchev–Trinajstić information content (AvgIpc) is 2.99. The molecule has 2 aliphatic carbocycles. The number of phenolic OH excluding ortho intramolecular Hbond substituents is 2. The maximum Gasteiger partial charge on any atom is 0.198 e. The minimum absolute atomic E-state index is 0.0483. The van der Waals surface area contributed by atoms with Crippen molar-refractivity contribution in [3.05, 3.63) is 57.1 Å². The number of ketones is 3. The summed E-state index contributed by atoms with van der Waals surface area (Å²) < 4.78 is 18.3. The molecule has 2 aromatic rings. The first-order valence-electron chi connectivity index (χ1n) is 14.8. The summed E-state index contributed by atoms with van der Waals surface area (Å²) in [7, 11) is 0. The Bertz CT molecular complexity index is 1490. The first kappa shape index (κ1) is 29.9. The van der Waals surface area contributed by atoms with Crippen molar-refractivity contribution in [2.45, 2.75) is 94.5 Å². The van der Waals surface area contributed by atoms with Gasteiger partial charge in [-0.25, -0.2) is 0 Å². The van der Waals surface area contributed by atoms with Crippen molar-refractivity contribution >= 4 is 17.3 Å². The number of benzene rings is 2. The van der Waals surface area contributed by atoms with E-state index in [-0.39, 0.29) is 46.2 Å². The smallest absolute Gasteiger partial charge is 0.198 e. The summed E-state index contributed by atoms with van der Waals surface area (Å²) in [4.78, 5) is 40.3. The summed E-state index contributed by atoms with van der Waals surface area (Å²) in [5.41, 5.74) is 4.60. The lowest BCUT2D eigenvalue weighted by Gasteiger charge is -2.47.